The van der Waals surface area contributed by atoms with Crippen molar-refractivity contribution in [1.29, 1.82) is 0 Å². The molecule has 20 heavy (non-hydrogen) atoms. The SMILES string of the molecule is CCCNCC1CCCc2sc(C3(OC)CCC3)nc21. The van der Waals surface area contributed by atoms with Crippen molar-refractivity contribution >= 4 is 11.3 Å². The molecule has 1 atom stereocenters. The van der Waals surface area contributed by atoms with Crippen LogP contribution < -0.4 is 5.32 Å². The van der Waals surface area contributed by atoms with Gasteiger partial charge in [-0.15, -0.1) is 11.3 Å². The zero-order valence-corrected chi connectivity index (χ0v) is 13.5. The molecule has 1 heterocycles. The van der Waals surface area contributed by atoms with E-state index in [2.05, 4.69) is 12.2 Å². The summed E-state index contributed by atoms with van der Waals surface area (Å²) < 4.78 is 5.80. The molecule has 2 aliphatic rings. The van der Waals surface area contributed by atoms with E-state index in [1.54, 1.807) is 0 Å². The average molecular weight is 294 g/mol. The van der Waals surface area contributed by atoms with Gasteiger partial charge in [0, 0.05) is 24.4 Å². The molecule has 1 aromatic rings. The number of rotatable bonds is 6. The number of nitrogens with zero attached hydrogens (tertiary/aromatic N) is 1. The highest BCUT2D eigenvalue weighted by Crippen LogP contribution is 2.48. The Morgan fingerprint density at radius 3 is 2.90 bits per heavy atom. The molecule has 1 aromatic heterocycles. The van der Waals surface area contributed by atoms with Gasteiger partial charge >= 0.3 is 0 Å². The van der Waals surface area contributed by atoms with Gasteiger partial charge in [0.25, 0.3) is 0 Å². The van der Waals surface area contributed by atoms with Gasteiger partial charge in [0.15, 0.2) is 0 Å². The van der Waals surface area contributed by atoms with Crippen molar-refractivity contribution in [2.75, 3.05) is 20.2 Å². The number of hydrogen-bond donors (Lipinski definition) is 1. The Morgan fingerprint density at radius 1 is 1.40 bits per heavy atom. The predicted molar refractivity (Wildman–Crippen MR) is 83.5 cm³/mol. The molecule has 0 bridgehead atoms. The summed E-state index contributed by atoms with van der Waals surface area (Å²) in [5.74, 6) is 0.615. The Hall–Kier alpha value is -0.450. The fourth-order valence-electron chi connectivity index (χ4n) is 3.36. The number of hydrogen-bond acceptors (Lipinski definition) is 4. The number of ether oxygens (including phenoxy) is 1. The summed E-state index contributed by atoms with van der Waals surface area (Å²) in [7, 11) is 1.85. The smallest absolute Gasteiger partial charge is 0.125 e. The second-order valence-electron chi connectivity index (χ2n) is 6.17. The highest BCUT2D eigenvalue weighted by atomic mass is 32.1. The first-order chi connectivity index (χ1) is 9.79. The van der Waals surface area contributed by atoms with Gasteiger partial charge in [-0.3, -0.25) is 0 Å². The Balaban J connectivity index is 1.78. The summed E-state index contributed by atoms with van der Waals surface area (Å²) in [6.45, 7) is 4.42. The van der Waals surface area contributed by atoms with Gasteiger partial charge < -0.3 is 10.1 Å². The minimum absolute atomic E-state index is 0.0383. The molecule has 1 N–H and O–H groups in total. The van der Waals surface area contributed by atoms with Crippen LogP contribution in [0.4, 0.5) is 0 Å². The van der Waals surface area contributed by atoms with E-state index < -0.39 is 0 Å². The second-order valence-corrected chi connectivity index (χ2v) is 7.26. The molecular formula is C16H26N2OS. The van der Waals surface area contributed by atoms with Crippen LogP contribution in [-0.4, -0.2) is 25.2 Å². The third-order valence-corrected chi connectivity index (χ3v) is 6.15. The second kappa shape index (κ2) is 6.12. The third-order valence-electron chi connectivity index (χ3n) is 4.83. The van der Waals surface area contributed by atoms with E-state index in [0.717, 1.165) is 25.9 Å². The number of aryl methyl sites for hydroxylation is 1. The van der Waals surface area contributed by atoms with Crippen LogP contribution >= 0.6 is 11.3 Å². The van der Waals surface area contributed by atoms with E-state index >= 15 is 0 Å². The average Bonchev–Trinajstić information content (AvgIpc) is 2.83. The van der Waals surface area contributed by atoms with Crippen molar-refractivity contribution in [3.8, 4) is 0 Å². The first-order valence-corrected chi connectivity index (χ1v) is 8.86. The van der Waals surface area contributed by atoms with Crippen LogP contribution in [0, 0.1) is 0 Å². The van der Waals surface area contributed by atoms with Crippen LogP contribution in [0.5, 0.6) is 0 Å². The molecule has 0 radical (unpaired) electrons. The normalized spacial score (nSPS) is 24.2. The van der Waals surface area contributed by atoms with Gasteiger partial charge in [0.05, 0.1) is 5.69 Å². The fourth-order valence-corrected chi connectivity index (χ4v) is 4.77. The standard InChI is InChI=1S/C16H26N2OS/c1-3-10-17-11-12-6-4-7-13-14(12)18-15(20-13)16(19-2)8-5-9-16/h12,17H,3-11H2,1-2H3. The summed E-state index contributed by atoms with van der Waals surface area (Å²) >= 11 is 1.92. The lowest BCUT2D eigenvalue weighted by atomic mass is 9.80. The Kier molecular flexibility index (Phi) is 4.43. The Labute approximate surface area is 126 Å². The van der Waals surface area contributed by atoms with Crippen molar-refractivity contribution in [2.24, 2.45) is 0 Å². The lowest BCUT2D eigenvalue weighted by molar-refractivity contribution is -0.0780. The van der Waals surface area contributed by atoms with E-state index in [9.17, 15) is 0 Å². The summed E-state index contributed by atoms with van der Waals surface area (Å²) in [4.78, 5) is 6.56. The topological polar surface area (TPSA) is 34.1 Å². The minimum Gasteiger partial charge on any atom is -0.371 e. The molecule has 0 amide bonds. The molecule has 1 unspecified atom stereocenters. The van der Waals surface area contributed by atoms with E-state index in [4.69, 9.17) is 9.72 Å². The summed E-state index contributed by atoms with van der Waals surface area (Å²) in [5.41, 5.74) is 1.34. The van der Waals surface area contributed by atoms with Crippen LogP contribution in [0.15, 0.2) is 0 Å². The van der Waals surface area contributed by atoms with Gasteiger partial charge in [0.1, 0.15) is 10.6 Å². The van der Waals surface area contributed by atoms with Gasteiger partial charge in [-0.25, -0.2) is 4.98 Å². The highest BCUT2D eigenvalue weighted by molar-refractivity contribution is 7.11. The molecule has 112 valence electrons. The zero-order chi connectivity index (χ0) is 14.0. The molecule has 1 fully saturated rings. The van der Waals surface area contributed by atoms with Crippen molar-refractivity contribution in [2.45, 2.75) is 63.4 Å². The lowest BCUT2D eigenvalue weighted by Gasteiger charge is -2.38. The molecule has 3 nitrogen and oxygen atoms in total. The molecule has 4 heteroatoms. The highest BCUT2D eigenvalue weighted by Gasteiger charge is 2.42. The van der Waals surface area contributed by atoms with Crippen LogP contribution in [0.2, 0.25) is 0 Å². The molecule has 0 aliphatic heterocycles. The summed E-state index contributed by atoms with van der Waals surface area (Å²) in [6.07, 6.45) is 8.59. The van der Waals surface area contributed by atoms with E-state index in [1.807, 2.05) is 18.4 Å². The quantitative estimate of drug-likeness (QED) is 0.814. The molecule has 2 aliphatic carbocycles. The van der Waals surface area contributed by atoms with Crippen molar-refractivity contribution in [3.05, 3.63) is 15.6 Å². The number of nitrogens with one attached hydrogen (secondary N) is 1. The number of fused-ring (bicyclic) bond motifs is 1. The van der Waals surface area contributed by atoms with Crippen LogP contribution in [0.25, 0.3) is 0 Å². The fraction of sp³-hybridized carbons (Fsp3) is 0.812. The summed E-state index contributed by atoms with van der Waals surface area (Å²) in [6, 6.07) is 0. The van der Waals surface area contributed by atoms with E-state index in [1.165, 1.54) is 47.7 Å². The third kappa shape index (κ3) is 2.53. The molecule has 0 spiro atoms. The lowest BCUT2D eigenvalue weighted by Crippen LogP contribution is -2.36. The Morgan fingerprint density at radius 2 is 2.25 bits per heavy atom. The molecule has 0 aromatic carbocycles. The predicted octanol–water partition coefficient (Wildman–Crippen LogP) is 3.59. The van der Waals surface area contributed by atoms with Crippen molar-refractivity contribution < 1.29 is 4.74 Å². The number of aromatic nitrogens is 1. The molecule has 1 saturated carbocycles. The van der Waals surface area contributed by atoms with Crippen LogP contribution in [0.1, 0.15) is 66.9 Å². The molecular weight excluding hydrogens is 268 g/mol. The minimum atomic E-state index is -0.0383. The largest absolute Gasteiger partial charge is 0.371 e. The van der Waals surface area contributed by atoms with Gasteiger partial charge in [0.2, 0.25) is 0 Å². The number of methoxy groups -OCH3 is 1. The molecule has 3 rings (SSSR count). The van der Waals surface area contributed by atoms with E-state index in [0.29, 0.717) is 5.92 Å². The van der Waals surface area contributed by atoms with Gasteiger partial charge in [-0.05, 0) is 51.5 Å². The van der Waals surface area contributed by atoms with Crippen molar-refractivity contribution in [3.63, 3.8) is 0 Å². The van der Waals surface area contributed by atoms with Crippen LogP contribution in [0.3, 0.4) is 0 Å². The Bertz CT molecular complexity index is 448. The van der Waals surface area contributed by atoms with E-state index in [-0.39, 0.29) is 5.60 Å². The first-order valence-electron chi connectivity index (χ1n) is 8.05. The number of thiazole rings is 1. The maximum Gasteiger partial charge on any atom is 0.125 e. The first kappa shape index (κ1) is 14.5. The monoisotopic (exact) mass is 294 g/mol. The maximum atomic E-state index is 5.80. The van der Waals surface area contributed by atoms with Gasteiger partial charge in [-0.1, -0.05) is 6.92 Å². The molecule has 0 saturated heterocycles. The van der Waals surface area contributed by atoms with Gasteiger partial charge in [-0.2, -0.15) is 0 Å². The summed E-state index contributed by atoms with van der Waals surface area (Å²) in [5, 5.41) is 4.82. The van der Waals surface area contributed by atoms with Crippen LogP contribution in [-0.2, 0) is 16.8 Å². The zero-order valence-electron chi connectivity index (χ0n) is 12.7. The maximum absolute atomic E-state index is 5.80. The van der Waals surface area contributed by atoms with Crippen molar-refractivity contribution in [1.82, 2.24) is 10.3 Å².